The van der Waals surface area contributed by atoms with E-state index in [1.165, 1.54) is 0 Å². The molecule has 20 heavy (non-hydrogen) atoms. The lowest BCUT2D eigenvalue weighted by Gasteiger charge is -2.12. The van der Waals surface area contributed by atoms with Crippen LogP contribution in [0.4, 0.5) is 0 Å². The van der Waals surface area contributed by atoms with E-state index in [-0.39, 0.29) is 0 Å². The van der Waals surface area contributed by atoms with Gasteiger partial charge in [0, 0.05) is 18.7 Å². The van der Waals surface area contributed by atoms with Crippen molar-refractivity contribution >= 4 is 0 Å². The minimum absolute atomic E-state index is 0.688. The molecule has 0 amide bonds. The Morgan fingerprint density at radius 3 is 2.85 bits per heavy atom. The maximum absolute atomic E-state index is 5.84. The van der Waals surface area contributed by atoms with Gasteiger partial charge in [0.05, 0.1) is 13.7 Å². The van der Waals surface area contributed by atoms with Crippen molar-refractivity contribution in [3.63, 3.8) is 0 Å². The summed E-state index contributed by atoms with van der Waals surface area (Å²) in [5, 5.41) is 3.27. The van der Waals surface area contributed by atoms with E-state index in [9.17, 15) is 0 Å². The van der Waals surface area contributed by atoms with Gasteiger partial charge in [-0.3, -0.25) is 0 Å². The van der Waals surface area contributed by atoms with Crippen LogP contribution in [0.25, 0.3) is 0 Å². The Bertz CT molecular complexity index is 394. The van der Waals surface area contributed by atoms with E-state index in [1.807, 2.05) is 24.3 Å². The van der Waals surface area contributed by atoms with Crippen LogP contribution in [0, 0.1) is 0 Å². The average Bonchev–Trinajstić information content (AvgIpc) is 2.47. The largest absolute Gasteiger partial charge is 0.497 e. The highest BCUT2D eigenvalue weighted by molar-refractivity contribution is 5.41. The fraction of sp³-hybridized carbons (Fsp3) is 0.500. The number of benzene rings is 1. The number of hydrogen-bond acceptors (Lipinski definition) is 4. The Hall–Kier alpha value is -1.52. The molecule has 0 unspecified atom stereocenters. The number of nitrogens with one attached hydrogen (secondary N) is 1. The normalized spacial score (nSPS) is 10.3. The van der Waals surface area contributed by atoms with E-state index >= 15 is 0 Å². The Morgan fingerprint density at radius 1 is 1.30 bits per heavy atom. The van der Waals surface area contributed by atoms with Gasteiger partial charge < -0.3 is 20.5 Å². The minimum atomic E-state index is 0.688. The van der Waals surface area contributed by atoms with Crippen LogP contribution in [0.1, 0.15) is 18.4 Å². The van der Waals surface area contributed by atoms with E-state index in [0.717, 1.165) is 56.0 Å². The molecule has 1 aromatic rings. The average molecular weight is 278 g/mol. The molecule has 0 heterocycles. The Labute approximate surface area is 122 Å². The zero-order valence-corrected chi connectivity index (χ0v) is 12.4. The van der Waals surface area contributed by atoms with Gasteiger partial charge in [0.2, 0.25) is 0 Å². The number of rotatable bonds is 11. The summed E-state index contributed by atoms with van der Waals surface area (Å²) in [6.07, 6.45) is 4.77. The zero-order valence-electron chi connectivity index (χ0n) is 12.4. The fourth-order valence-electron chi connectivity index (χ4n) is 1.90. The standard InChI is InChI=1S/C16H26N2O2/c1-3-6-14-13-15(19-2)7-8-16(14)20-12-5-4-10-18-11-9-17/h3,7-8,13,18H,1,4-6,9-12,17H2,2H3. The van der Waals surface area contributed by atoms with Gasteiger partial charge in [0.15, 0.2) is 0 Å². The van der Waals surface area contributed by atoms with E-state index < -0.39 is 0 Å². The summed E-state index contributed by atoms with van der Waals surface area (Å²) < 4.78 is 11.1. The summed E-state index contributed by atoms with van der Waals surface area (Å²) in [6.45, 7) is 7.05. The molecule has 0 bridgehead atoms. The molecule has 0 saturated carbocycles. The maximum Gasteiger partial charge on any atom is 0.123 e. The monoisotopic (exact) mass is 278 g/mol. The summed E-state index contributed by atoms with van der Waals surface area (Å²) in [7, 11) is 1.67. The lowest BCUT2D eigenvalue weighted by molar-refractivity contribution is 0.302. The van der Waals surface area contributed by atoms with Crippen LogP contribution < -0.4 is 20.5 Å². The molecule has 0 radical (unpaired) electrons. The van der Waals surface area contributed by atoms with Crippen LogP contribution in [-0.2, 0) is 6.42 Å². The van der Waals surface area contributed by atoms with Crippen LogP contribution in [-0.4, -0.2) is 33.4 Å². The van der Waals surface area contributed by atoms with Crippen molar-refractivity contribution in [1.82, 2.24) is 5.32 Å². The number of nitrogens with two attached hydrogens (primary N) is 1. The highest BCUT2D eigenvalue weighted by Crippen LogP contribution is 2.25. The van der Waals surface area contributed by atoms with Crippen molar-refractivity contribution in [3.05, 3.63) is 36.4 Å². The number of hydrogen-bond donors (Lipinski definition) is 2. The van der Waals surface area contributed by atoms with Crippen LogP contribution in [0.5, 0.6) is 11.5 Å². The topological polar surface area (TPSA) is 56.5 Å². The van der Waals surface area contributed by atoms with Gasteiger partial charge in [0.25, 0.3) is 0 Å². The summed E-state index contributed by atoms with van der Waals surface area (Å²) >= 11 is 0. The lowest BCUT2D eigenvalue weighted by Crippen LogP contribution is -2.23. The molecule has 1 aromatic carbocycles. The van der Waals surface area contributed by atoms with Gasteiger partial charge in [-0.15, -0.1) is 6.58 Å². The molecule has 112 valence electrons. The van der Waals surface area contributed by atoms with Crippen LogP contribution in [0.2, 0.25) is 0 Å². The van der Waals surface area contributed by atoms with Gasteiger partial charge in [-0.1, -0.05) is 6.08 Å². The van der Waals surface area contributed by atoms with Gasteiger partial charge >= 0.3 is 0 Å². The third kappa shape index (κ3) is 6.08. The smallest absolute Gasteiger partial charge is 0.123 e. The Morgan fingerprint density at radius 2 is 2.15 bits per heavy atom. The summed E-state index contributed by atoms with van der Waals surface area (Å²) in [5.74, 6) is 1.76. The van der Waals surface area contributed by atoms with E-state index in [2.05, 4.69) is 11.9 Å². The predicted molar refractivity (Wildman–Crippen MR) is 83.5 cm³/mol. The van der Waals surface area contributed by atoms with Gasteiger partial charge in [-0.2, -0.15) is 0 Å². The maximum atomic E-state index is 5.84. The Kier molecular flexibility index (Phi) is 8.51. The Balaban J connectivity index is 2.36. The van der Waals surface area contributed by atoms with Gasteiger partial charge in [-0.05, 0) is 44.0 Å². The summed E-state index contributed by atoms with van der Waals surface area (Å²) in [5.41, 5.74) is 6.52. The first-order chi connectivity index (χ1) is 9.81. The first-order valence-corrected chi connectivity index (χ1v) is 7.13. The second-order valence-corrected chi connectivity index (χ2v) is 4.56. The lowest BCUT2D eigenvalue weighted by atomic mass is 10.1. The van der Waals surface area contributed by atoms with Crippen molar-refractivity contribution in [1.29, 1.82) is 0 Å². The second-order valence-electron chi connectivity index (χ2n) is 4.56. The van der Waals surface area contributed by atoms with Gasteiger partial charge in [-0.25, -0.2) is 0 Å². The quantitative estimate of drug-likeness (QED) is 0.481. The highest BCUT2D eigenvalue weighted by Gasteiger charge is 2.04. The van der Waals surface area contributed by atoms with Crippen molar-refractivity contribution < 1.29 is 9.47 Å². The molecule has 0 atom stereocenters. The van der Waals surface area contributed by atoms with Crippen molar-refractivity contribution in [2.75, 3.05) is 33.4 Å². The molecule has 0 aliphatic heterocycles. The molecular weight excluding hydrogens is 252 g/mol. The second kappa shape index (κ2) is 10.3. The molecule has 4 nitrogen and oxygen atoms in total. The van der Waals surface area contributed by atoms with Crippen LogP contribution >= 0.6 is 0 Å². The summed E-state index contributed by atoms with van der Waals surface area (Å²) in [4.78, 5) is 0. The molecule has 0 aromatic heterocycles. The molecule has 3 N–H and O–H groups in total. The SMILES string of the molecule is C=CCc1cc(OC)ccc1OCCCCNCCN. The number of unbranched alkanes of at least 4 members (excludes halogenated alkanes) is 1. The summed E-state index contributed by atoms with van der Waals surface area (Å²) in [6, 6.07) is 5.88. The van der Waals surface area contributed by atoms with E-state index in [4.69, 9.17) is 15.2 Å². The fourth-order valence-corrected chi connectivity index (χ4v) is 1.90. The van der Waals surface area contributed by atoms with E-state index in [0.29, 0.717) is 6.54 Å². The van der Waals surface area contributed by atoms with Crippen LogP contribution in [0.15, 0.2) is 30.9 Å². The third-order valence-electron chi connectivity index (χ3n) is 2.96. The van der Waals surface area contributed by atoms with E-state index in [1.54, 1.807) is 7.11 Å². The van der Waals surface area contributed by atoms with Crippen LogP contribution in [0.3, 0.4) is 0 Å². The van der Waals surface area contributed by atoms with Crippen molar-refractivity contribution in [2.45, 2.75) is 19.3 Å². The zero-order chi connectivity index (χ0) is 14.6. The third-order valence-corrected chi connectivity index (χ3v) is 2.96. The molecule has 0 spiro atoms. The molecule has 0 saturated heterocycles. The molecule has 0 aliphatic rings. The highest BCUT2D eigenvalue weighted by atomic mass is 16.5. The minimum Gasteiger partial charge on any atom is -0.497 e. The number of ether oxygens (including phenoxy) is 2. The first kappa shape index (κ1) is 16.5. The molecule has 1 rings (SSSR count). The van der Waals surface area contributed by atoms with Crippen molar-refractivity contribution in [2.24, 2.45) is 5.73 Å². The number of allylic oxidation sites excluding steroid dienone is 1. The molecular formula is C16H26N2O2. The molecule has 4 heteroatoms. The molecule has 0 aliphatic carbocycles. The first-order valence-electron chi connectivity index (χ1n) is 7.13. The molecule has 0 fully saturated rings. The van der Waals surface area contributed by atoms with Crippen molar-refractivity contribution in [3.8, 4) is 11.5 Å². The number of methoxy groups -OCH3 is 1. The predicted octanol–water partition coefficient (Wildman–Crippen LogP) is 2.13. The van der Waals surface area contributed by atoms with Gasteiger partial charge in [0.1, 0.15) is 11.5 Å².